The largest absolute Gasteiger partial charge is 0.275 e. The predicted molar refractivity (Wildman–Crippen MR) is 31.4 cm³/mol. The molecule has 0 spiro atoms. The Kier molecular flexibility index (Phi) is 1.17. The molecule has 0 saturated carbocycles. The van der Waals surface area contributed by atoms with Crippen molar-refractivity contribution in [1.29, 1.82) is 0 Å². The first-order valence-electron chi connectivity index (χ1n) is 2.31. The summed E-state index contributed by atoms with van der Waals surface area (Å²) in [6.07, 6.45) is 3.45. The third-order valence-electron chi connectivity index (χ3n) is 0.810. The molecule has 44 valence electrons. The fraction of sp³-hybridized carbons (Fsp3) is 0.250. The lowest BCUT2D eigenvalue weighted by Gasteiger charge is -2.14. The van der Waals surface area contributed by atoms with Crippen LogP contribution in [-0.4, -0.2) is 11.4 Å². The summed E-state index contributed by atoms with van der Waals surface area (Å²) in [5.41, 5.74) is 3.74. The summed E-state index contributed by atoms with van der Waals surface area (Å²) in [6, 6.07) is 0. The molecule has 0 atom stereocenters. The molecule has 1 aliphatic rings. The first kappa shape index (κ1) is 5.11. The summed E-state index contributed by atoms with van der Waals surface area (Å²) in [5, 5.41) is 4.86. The van der Waals surface area contributed by atoms with E-state index in [9.17, 15) is 0 Å². The highest BCUT2D eigenvalue weighted by atomic mass is 15.8. The number of hydrogen-bond donors (Lipinski definition) is 2. The second-order valence-electron chi connectivity index (χ2n) is 1.61. The molecule has 0 amide bonds. The lowest BCUT2D eigenvalue weighted by atomic mass is 10.4. The molecule has 1 heterocycles. The molecular formula is C4H8N4. The highest BCUT2D eigenvalue weighted by Gasteiger charge is 1.92. The standard InChI is InChI=1S/C4H8N4/c1-4-2-6-8(5)7-3-4/h2-3,6H,5H2,1H3. The Balaban J connectivity index is 2.58. The van der Waals surface area contributed by atoms with E-state index in [1.807, 2.05) is 6.92 Å². The van der Waals surface area contributed by atoms with Crippen molar-refractivity contribution < 1.29 is 0 Å². The quantitative estimate of drug-likeness (QED) is 0.418. The van der Waals surface area contributed by atoms with Crippen LogP contribution in [0.4, 0.5) is 0 Å². The molecule has 0 fully saturated rings. The third-order valence-corrected chi connectivity index (χ3v) is 0.810. The maximum absolute atomic E-state index is 5.18. The van der Waals surface area contributed by atoms with E-state index < -0.39 is 0 Å². The molecule has 0 unspecified atom stereocenters. The average molecular weight is 112 g/mol. The minimum absolute atomic E-state index is 1.06. The minimum atomic E-state index is 1.06. The topological polar surface area (TPSA) is 53.6 Å². The number of nitrogens with zero attached hydrogens (tertiary/aromatic N) is 2. The van der Waals surface area contributed by atoms with Crippen molar-refractivity contribution in [3.05, 3.63) is 11.8 Å². The zero-order chi connectivity index (χ0) is 5.98. The SMILES string of the molecule is CC1=CNN(N)N=C1. The van der Waals surface area contributed by atoms with E-state index >= 15 is 0 Å². The Morgan fingerprint density at radius 2 is 2.62 bits per heavy atom. The Morgan fingerprint density at radius 1 is 1.88 bits per heavy atom. The van der Waals surface area contributed by atoms with Gasteiger partial charge in [0.05, 0.1) is 6.21 Å². The first-order valence-corrected chi connectivity index (χ1v) is 2.31. The van der Waals surface area contributed by atoms with Gasteiger partial charge < -0.3 is 0 Å². The molecule has 1 rings (SSSR count). The fourth-order valence-electron chi connectivity index (χ4n) is 0.392. The highest BCUT2D eigenvalue weighted by molar-refractivity contribution is 5.77. The van der Waals surface area contributed by atoms with Gasteiger partial charge in [0.25, 0.3) is 0 Å². The maximum Gasteiger partial charge on any atom is 0.0551 e. The second-order valence-corrected chi connectivity index (χ2v) is 1.61. The van der Waals surface area contributed by atoms with Gasteiger partial charge in [0.1, 0.15) is 0 Å². The van der Waals surface area contributed by atoms with Crippen molar-refractivity contribution in [2.45, 2.75) is 6.92 Å². The van der Waals surface area contributed by atoms with E-state index in [4.69, 9.17) is 5.84 Å². The van der Waals surface area contributed by atoms with Crippen molar-refractivity contribution in [2.75, 3.05) is 0 Å². The van der Waals surface area contributed by atoms with Gasteiger partial charge in [0, 0.05) is 6.20 Å². The predicted octanol–water partition coefficient (Wildman–Crippen LogP) is -0.430. The van der Waals surface area contributed by atoms with Crippen molar-refractivity contribution in [3.63, 3.8) is 0 Å². The zero-order valence-electron chi connectivity index (χ0n) is 4.63. The summed E-state index contributed by atoms with van der Waals surface area (Å²) >= 11 is 0. The van der Waals surface area contributed by atoms with Crippen molar-refractivity contribution in [3.8, 4) is 0 Å². The molecule has 4 heteroatoms. The Morgan fingerprint density at radius 3 is 3.00 bits per heavy atom. The molecule has 0 radical (unpaired) electrons. The smallest absolute Gasteiger partial charge is 0.0551 e. The van der Waals surface area contributed by atoms with Gasteiger partial charge in [-0.1, -0.05) is 0 Å². The van der Waals surface area contributed by atoms with Gasteiger partial charge in [-0.2, -0.15) is 0 Å². The summed E-state index contributed by atoms with van der Waals surface area (Å²) in [5.74, 6) is 5.18. The monoisotopic (exact) mass is 112 g/mol. The van der Waals surface area contributed by atoms with Crippen molar-refractivity contribution in [1.82, 2.24) is 10.7 Å². The Labute approximate surface area is 47.6 Å². The molecule has 0 saturated heterocycles. The normalized spacial score (nSPS) is 17.8. The summed E-state index contributed by atoms with van der Waals surface area (Å²) < 4.78 is 0. The van der Waals surface area contributed by atoms with E-state index in [2.05, 4.69) is 10.5 Å². The first-order chi connectivity index (χ1) is 3.79. The fourth-order valence-corrected chi connectivity index (χ4v) is 0.392. The van der Waals surface area contributed by atoms with Gasteiger partial charge in [-0.05, 0) is 12.5 Å². The summed E-state index contributed by atoms with van der Waals surface area (Å²) in [7, 11) is 0. The molecule has 0 bridgehead atoms. The molecule has 0 aromatic carbocycles. The van der Waals surface area contributed by atoms with Gasteiger partial charge in [0.2, 0.25) is 0 Å². The van der Waals surface area contributed by atoms with Crippen LogP contribution in [0.2, 0.25) is 0 Å². The summed E-state index contributed by atoms with van der Waals surface area (Å²) in [4.78, 5) is 0. The highest BCUT2D eigenvalue weighted by Crippen LogP contribution is 1.89. The molecule has 3 N–H and O–H groups in total. The Hall–Kier alpha value is -1.03. The van der Waals surface area contributed by atoms with Gasteiger partial charge in [-0.25, -0.2) is 5.84 Å². The maximum atomic E-state index is 5.18. The Bertz CT molecular complexity index is 137. The number of rotatable bonds is 0. The average Bonchev–Trinajstić information content (AvgIpc) is 1.77. The lowest BCUT2D eigenvalue weighted by molar-refractivity contribution is 0.237. The van der Waals surface area contributed by atoms with Gasteiger partial charge in [0.15, 0.2) is 0 Å². The van der Waals surface area contributed by atoms with Crippen LogP contribution in [0.15, 0.2) is 16.9 Å². The van der Waals surface area contributed by atoms with Gasteiger partial charge in [-0.3, -0.25) is 5.43 Å². The third kappa shape index (κ3) is 0.974. The number of hydrogen-bond acceptors (Lipinski definition) is 4. The van der Waals surface area contributed by atoms with E-state index in [1.165, 1.54) is 0 Å². The van der Waals surface area contributed by atoms with Crippen molar-refractivity contribution in [2.24, 2.45) is 10.9 Å². The molecule has 1 aliphatic heterocycles. The van der Waals surface area contributed by atoms with Crippen LogP contribution in [0.25, 0.3) is 0 Å². The number of nitrogens with two attached hydrogens (primary N) is 1. The number of hydrazone groups is 1. The van der Waals surface area contributed by atoms with Crippen LogP contribution in [0, 0.1) is 0 Å². The zero-order valence-corrected chi connectivity index (χ0v) is 4.63. The van der Waals surface area contributed by atoms with E-state index in [0.29, 0.717) is 0 Å². The van der Waals surface area contributed by atoms with E-state index in [0.717, 1.165) is 10.8 Å². The second kappa shape index (κ2) is 1.83. The molecule has 0 aromatic heterocycles. The minimum Gasteiger partial charge on any atom is -0.275 e. The molecule has 0 aromatic rings. The lowest BCUT2D eigenvalue weighted by Crippen LogP contribution is -2.37. The number of allylic oxidation sites excluding steroid dienone is 1. The van der Waals surface area contributed by atoms with Gasteiger partial charge in [-0.15, -0.1) is 10.3 Å². The van der Waals surface area contributed by atoms with Crippen LogP contribution >= 0.6 is 0 Å². The van der Waals surface area contributed by atoms with Crippen LogP contribution in [0.5, 0.6) is 0 Å². The van der Waals surface area contributed by atoms with Gasteiger partial charge >= 0.3 is 0 Å². The molecule has 0 aliphatic carbocycles. The number of hydrazine groups is 2. The molecule has 4 nitrogen and oxygen atoms in total. The molecular weight excluding hydrogens is 104 g/mol. The van der Waals surface area contributed by atoms with Crippen LogP contribution in [-0.2, 0) is 0 Å². The molecule has 8 heavy (non-hydrogen) atoms. The van der Waals surface area contributed by atoms with Crippen LogP contribution in [0.3, 0.4) is 0 Å². The number of nitrogens with one attached hydrogen (secondary N) is 1. The van der Waals surface area contributed by atoms with E-state index in [1.54, 1.807) is 12.4 Å². The summed E-state index contributed by atoms with van der Waals surface area (Å²) in [6.45, 7) is 1.93. The van der Waals surface area contributed by atoms with Crippen LogP contribution in [0.1, 0.15) is 6.92 Å². The van der Waals surface area contributed by atoms with Crippen LogP contribution < -0.4 is 11.3 Å². The van der Waals surface area contributed by atoms with Crippen molar-refractivity contribution >= 4 is 6.21 Å². The van der Waals surface area contributed by atoms with E-state index in [-0.39, 0.29) is 0 Å².